The van der Waals surface area contributed by atoms with Crippen molar-refractivity contribution in [2.45, 2.75) is 17.5 Å². The predicted octanol–water partition coefficient (Wildman–Crippen LogP) is 4.18. The number of piperazine rings is 1. The molecule has 38 heavy (non-hydrogen) atoms. The van der Waals surface area contributed by atoms with Gasteiger partial charge in [-0.3, -0.25) is 9.10 Å². The van der Waals surface area contributed by atoms with Gasteiger partial charge in [-0.05, 0) is 60.5 Å². The van der Waals surface area contributed by atoms with Gasteiger partial charge in [0.05, 0.1) is 16.1 Å². The van der Waals surface area contributed by atoms with Gasteiger partial charge in [0.15, 0.2) is 6.61 Å². The van der Waals surface area contributed by atoms with Gasteiger partial charge in [-0.1, -0.05) is 24.3 Å². The van der Waals surface area contributed by atoms with Crippen LogP contribution in [0.3, 0.4) is 0 Å². The van der Waals surface area contributed by atoms with Crippen LogP contribution < -0.4 is 13.9 Å². The highest BCUT2D eigenvalue weighted by molar-refractivity contribution is 7.92. The summed E-state index contributed by atoms with van der Waals surface area (Å²) in [6.07, 6.45) is -3.75. The lowest BCUT2D eigenvalue weighted by Gasteiger charge is -2.36. The molecule has 0 spiro atoms. The minimum atomic E-state index is -4.41. The molecule has 0 atom stereocenters. The average Bonchev–Trinajstić information content (AvgIpc) is 3.37. The summed E-state index contributed by atoms with van der Waals surface area (Å²) in [4.78, 5) is 16.2. The zero-order valence-corrected chi connectivity index (χ0v) is 21.2. The molecule has 0 saturated carbocycles. The van der Waals surface area contributed by atoms with Crippen LogP contribution in [-0.4, -0.2) is 58.6 Å². The molecule has 0 radical (unpaired) electrons. The normalized spacial score (nSPS) is 15.9. The molecule has 0 unspecified atom stereocenters. The van der Waals surface area contributed by atoms with Crippen molar-refractivity contribution in [3.63, 3.8) is 0 Å². The second kappa shape index (κ2) is 10.2. The Morgan fingerprint density at radius 3 is 2.29 bits per heavy atom. The van der Waals surface area contributed by atoms with E-state index in [9.17, 15) is 26.4 Å². The van der Waals surface area contributed by atoms with Crippen molar-refractivity contribution in [3.05, 3.63) is 83.9 Å². The van der Waals surface area contributed by atoms with Gasteiger partial charge in [0.1, 0.15) is 5.75 Å². The van der Waals surface area contributed by atoms with Crippen LogP contribution in [0.5, 0.6) is 5.75 Å². The molecule has 1 fully saturated rings. The van der Waals surface area contributed by atoms with Crippen LogP contribution in [0.1, 0.15) is 11.1 Å². The Labute approximate surface area is 219 Å². The van der Waals surface area contributed by atoms with Gasteiger partial charge in [0.25, 0.3) is 15.9 Å². The number of nitrogens with zero attached hydrogens (tertiary/aromatic N) is 3. The quantitative estimate of drug-likeness (QED) is 0.465. The maximum Gasteiger partial charge on any atom is 0.416 e. The summed E-state index contributed by atoms with van der Waals surface area (Å²) in [6.45, 7) is 1.67. The van der Waals surface area contributed by atoms with Gasteiger partial charge in [-0.15, -0.1) is 0 Å². The van der Waals surface area contributed by atoms with Crippen molar-refractivity contribution >= 4 is 27.3 Å². The van der Waals surface area contributed by atoms with E-state index in [0.29, 0.717) is 56.3 Å². The Bertz CT molecular complexity index is 1420. The van der Waals surface area contributed by atoms with Crippen molar-refractivity contribution in [2.75, 3.05) is 48.5 Å². The van der Waals surface area contributed by atoms with Crippen molar-refractivity contribution in [3.8, 4) is 5.75 Å². The molecule has 0 bridgehead atoms. The van der Waals surface area contributed by atoms with Crippen molar-refractivity contribution in [2.24, 2.45) is 0 Å². The second-order valence-corrected chi connectivity index (χ2v) is 11.0. The number of fused-ring (bicyclic) bond motifs is 1. The smallest absolute Gasteiger partial charge is 0.416 e. The number of sulfonamides is 1. The van der Waals surface area contributed by atoms with Gasteiger partial charge >= 0.3 is 6.18 Å². The molecule has 0 N–H and O–H groups in total. The van der Waals surface area contributed by atoms with Gasteiger partial charge in [-0.2, -0.15) is 13.2 Å². The molecule has 0 aromatic heterocycles. The van der Waals surface area contributed by atoms with E-state index in [4.69, 9.17) is 4.74 Å². The minimum absolute atomic E-state index is 0.138. The summed E-state index contributed by atoms with van der Waals surface area (Å²) in [5.74, 6) is 0.112. The zero-order chi connectivity index (χ0) is 26.9. The standard InChI is InChI=1S/C27H26F3N3O4S/c28-27(29,30)21-5-3-6-22(18-21)31-14-16-32(17-15-31)26(34)19-37-23-8-10-24(11-9-23)38(35,36)33-13-12-20-4-1-2-7-25(20)33/h1-11,18H,12-17,19H2. The molecule has 5 rings (SSSR count). The van der Waals surface area contributed by atoms with Crippen LogP contribution in [0.2, 0.25) is 0 Å². The summed E-state index contributed by atoms with van der Waals surface area (Å²) in [5, 5.41) is 0. The first-order chi connectivity index (χ1) is 18.1. The number of benzene rings is 3. The molecule has 3 aromatic rings. The Kier molecular flexibility index (Phi) is 6.95. The van der Waals surface area contributed by atoms with Crippen molar-refractivity contribution in [1.29, 1.82) is 0 Å². The predicted molar refractivity (Wildman–Crippen MR) is 137 cm³/mol. The Hall–Kier alpha value is -3.73. The lowest BCUT2D eigenvalue weighted by Crippen LogP contribution is -2.50. The van der Waals surface area contributed by atoms with Crippen LogP contribution in [-0.2, 0) is 27.4 Å². The van der Waals surface area contributed by atoms with Crippen molar-refractivity contribution in [1.82, 2.24) is 4.90 Å². The molecule has 2 aliphatic rings. The summed E-state index contributed by atoms with van der Waals surface area (Å²) in [7, 11) is -3.72. The molecular formula is C27H26F3N3O4S. The monoisotopic (exact) mass is 545 g/mol. The molecule has 200 valence electrons. The summed E-state index contributed by atoms with van der Waals surface area (Å²) in [6, 6.07) is 18.5. The molecule has 7 nitrogen and oxygen atoms in total. The average molecular weight is 546 g/mol. The van der Waals surface area contributed by atoms with E-state index in [1.165, 1.54) is 34.6 Å². The van der Waals surface area contributed by atoms with E-state index in [1.54, 1.807) is 17.0 Å². The Morgan fingerprint density at radius 2 is 1.58 bits per heavy atom. The molecule has 1 amide bonds. The first-order valence-electron chi connectivity index (χ1n) is 12.2. The van der Waals surface area contributed by atoms with Crippen molar-refractivity contribution < 1.29 is 31.1 Å². The highest BCUT2D eigenvalue weighted by atomic mass is 32.2. The first-order valence-corrected chi connectivity index (χ1v) is 13.6. The number of alkyl halides is 3. The number of para-hydroxylation sites is 1. The highest BCUT2D eigenvalue weighted by Gasteiger charge is 2.32. The number of ether oxygens (including phenoxy) is 1. The fourth-order valence-corrected chi connectivity index (χ4v) is 6.23. The van der Waals surface area contributed by atoms with Crippen LogP contribution in [0.25, 0.3) is 0 Å². The van der Waals surface area contributed by atoms with Gasteiger partial charge < -0.3 is 14.5 Å². The number of carbonyl (C=O) groups is 1. The number of hydrogen-bond acceptors (Lipinski definition) is 5. The molecule has 11 heteroatoms. The second-order valence-electron chi connectivity index (χ2n) is 9.13. The van der Waals surface area contributed by atoms with E-state index in [1.807, 2.05) is 23.1 Å². The molecule has 2 heterocycles. The van der Waals surface area contributed by atoms with E-state index in [-0.39, 0.29) is 17.4 Å². The van der Waals surface area contributed by atoms with Crippen LogP contribution in [0, 0.1) is 0 Å². The fourth-order valence-electron chi connectivity index (χ4n) is 4.72. The minimum Gasteiger partial charge on any atom is -0.484 e. The number of carbonyl (C=O) groups excluding carboxylic acids is 1. The summed E-state index contributed by atoms with van der Waals surface area (Å²) in [5.41, 5.74) is 1.44. The molecule has 2 aliphatic heterocycles. The van der Waals surface area contributed by atoms with E-state index < -0.39 is 21.8 Å². The SMILES string of the molecule is O=C(COc1ccc(S(=O)(=O)N2CCc3ccccc32)cc1)N1CCN(c2cccc(C(F)(F)F)c2)CC1. The molecule has 3 aromatic carbocycles. The lowest BCUT2D eigenvalue weighted by molar-refractivity contribution is -0.137. The Balaban J connectivity index is 1.14. The zero-order valence-electron chi connectivity index (χ0n) is 20.4. The topological polar surface area (TPSA) is 70.2 Å². The summed E-state index contributed by atoms with van der Waals surface area (Å²) < 4.78 is 72.3. The third kappa shape index (κ3) is 5.28. The highest BCUT2D eigenvalue weighted by Crippen LogP contribution is 2.33. The number of amides is 1. The first kappa shape index (κ1) is 25.9. The van der Waals surface area contributed by atoms with E-state index >= 15 is 0 Å². The lowest BCUT2D eigenvalue weighted by atomic mass is 10.1. The number of hydrogen-bond donors (Lipinski definition) is 0. The largest absolute Gasteiger partial charge is 0.484 e. The third-order valence-electron chi connectivity index (χ3n) is 6.79. The molecule has 1 saturated heterocycles. The van der Waals surface area contributed by atoms with Gasteiger partial charge in [-0.25, -0.2) is 8.42 Å². The maximum absolute atomic E-state index is 13.1. The van der Waals surface area contributed by atoms with Gasteiger partial charge in [0.2, 0.25) is 0 Å². The van der Waals surface area contributed by atoms with Crippen LogP contribution in [0.15, 0.2) is 77.7 Å². The van der Waals surface area contributed by atoms with Crippen LogP contribution >= 0.6 is 0 Å². The van der Waals surface area contributed by atoms with Gasteiger partial charge in [0, 0.05) is 38.4 Å². The van der Waals surface area contributed by atoms with E-state index in [2.05, 4.69) is 0 Å². The summed E-state index contributed by atoms with van der Waals surface area (Å²) >= 11 is 0. The number of anilines is 2. The van der Waals surface area contributed by atoms with E-state index in [0.717, 1.165) is 17.7 Å². The van der Waals surface area contributed by atoms with Crippen LogP contribution in [0.4, 0.5) is 24.5 Å². The molecular weight excluding hydrogens is 519 g/mol. The third-order valence-corrected chi connectivity index (χ3v) is 8.62. The maximum atomic E-state index is 13.1. The molecule has 0 aliphatic carbocycles. The number of halogens is 3. The number of rotatable bonds is 6. The Morgan fingerprint density at radius 1 is 0.868 bits per heavy atom. The fraction of sp³-hybridized carbons (Fsp3) is 0.296.